The number of carbonyl (C=O) groups is 2. The first-order valence-corrected chi connectivity index (χ1v) is 10.8. The van der Waals surface area contributed by atoms with Gasteiger partial charge in [-0.2, -0.15) is 0 Å². The minimum atomic E-state index is -0.654. The number of amides is 1. The van der Waals surface area contributed by atoms with Crippen molar-refractivity contribution in [1.82, 2.24) is 0 Å². The second-order valence-corrected chi connectivity index (χ2v) is 8.36. The zero-order valence-electron chi connectivity index (χ0n) is 17.8. The van der Waals surface area contributed by atoms with Crippen molar-refractivity contribution in [2.45, 2.75) is 40.5 Å². The van der Waals surface area contributed by atoms with Crippen LogP contribution in [0.5, 0.6) is 0 Å². The van der Waals surface area contributed by atoms with Crippen molar-refractivity contribution in [2.75, 3.05) is 11.1 Å². The van der Waals surface area contributed by atoms with Crippen LogP contribution in [0.2, 0.25) is 0 Å². The fourth-order valence-corrected chi connectivity index (χ4v) is 4.65. The second-order valence-electron chi connectivity index (χ2n) is 7.34. The Bertz CT molecular complexity index is 1110. The van der Waals surface area contributed by atoms with Crippen LogP contribution in [0.15, 0.2) is 36.4 Å². The van der Waals surface area contributed by atoms with E-state index < -0.39 is 5.91 Å². The highest BCUT2D eigenvalue weighted by atomic mass is 32.1. The van der Waals surface area contributed by atoms with Crippen LogP contribution in [0.25, 0.3) is 0 Å². The maximum absolute atomic E-state index is 13.3. The van der Waals surface area contributed by atoms with Crippen molar-refractivity contribution in [3.05, 3.63) is 74.7 Å². The molecule has 0 spiro atoms. The van der Waals surface area contributed by atoms with E-state index in [-0.39, 0.29) is 17.0 Å². The number of anilines is 3. The van der Waals surface area contributed by atoms with Crippen molar-refractivity contribution in [1.29, 1.82) is 0 Å². The molecule has 156 valence electrons. The molecule has 5 N–H and O–H groups in total. The lowest BCUT2D eigenvalue weighted by Crippen LogP contribution is -2.15. The third-order valence-electron chi connectivity index (χ3n) is 5.27. The molecule has 6 heteroatoms. The van der Waals surface area contributed by atoms with Crippen LogP contribution in [0.3, 0.4) is 0 Å². The van der Waals surface area contributed by atoms with Crippen molar-refractivity contribution in [3.8, 4) is 0 Å². The van der Waals surface area contributed by atoms with Crippen LogP contribution >= 0.6 is 11.3 Å². The number of thiophene rings is 1. The molecular formula is C24H27N3O2S. The Kier molecular flexibility index (Phi) is 6.27. The Morgan fingerprint density at radius 2 is 1.67 bits per heavy atom. The largest absolute Gasteiger partial charge is 0.397 e. The van der Waals surface area contributed by atoms with Crippen LogP contribution in [0, 0.1) is 13.8 Å². The van der Waals surface area contributed by atoms with Gasteiger partial charge in [-0.05, 0) is 49.4 Å². The van der Waals surface area contributed by atoms with E-state index in [1.165, 1.54) is 11.3 Å². The van der Waals surface area contributed by atoms with Crippen molar-refractivity contribution < 1.29 is 9.59 Å². The molecule has 0 saturated carbocycles. The van der Waals surface area contributed by atoms with Gasteiger partial charge in [0.15, 0.2) is 0 Å². The Morgan fingerprint density at radius 1 is 1.03 bits per heavy atom. The predicted molar refractivity (Wildman–Crippen MR) is 125 cm³/mol. The van der Waals surface area contributed by atoms with E-state index in [4.69, 9.17) is 11.5 Å². The van der Waals surface area contributed by atoms with Crippen molar-refractivity contribution in [3.63, 3.8) is 0 Å². The lowest BCUT2D eigenvalue weighted by Gasteiger charge is -2.15. The first kappa shape index (κ1) is 21.6. The van der Waals surface area contributed by atoms with E-state index in [1.807, 2.05) is 50.2 Å². The van der Waals surface area contributed by atoms with Gasteiger partial charge in [0.2, 0.25) is 5.78 Å². The van der Waals surface area contributed by atoms with Crippen molar-refractivity contribution in [2.24, 2.45) is 5.73 Å². The van der Waals surface area contributed by atoms with E-state index in [0.717, 1.165) is 40.8 Å². The first-order valence-electron chi connectivity index (χ1n) is 10.00. The summed E-state index contributed by atoms with van der Waals surface area (Å²) in [7, 11) is 0. The number of nitrogen functional groups attached to an aromatic ring is 1. The van der Waals surface area contributed by atoms with Gasteiger partial charge in [0.25, 0.3) is 5.91 Å². The van der Waals surface area contributed by atoms with Gasteiger partial charge in [0, 0.05) is 11.3 Å². The molecule has 0 aliphatic heterocycles. The highest BCUT2D eigenvalue weighted by Gasteiger charge is 2.26. The highest BCUT2D eigenvalue weighted by Crippen LogP contribution is 2.40. The van der Waals surface area contributed by atoms with Crippen molar-refractivity contribution >= 4 is 39.4 Å². The van der Waals surface area contributed by atoms with E-state index in [0.29, 0.717) is 15.4 Å². The SMILES string of the molecule is CCc1cccc(CC)c1Nc1sc(C(=O)c2cc(C)ccc2C)c(N)c1C(N)=O. The topological polar surface area (TPSA) is 98.2 Å². The van der Waals surface area contributed by atoms with Gasteiger partial charge in [-0.1, -0.05) is 49.7 Å². The molecule has 1 aromatic heterocycles. The number of benzene rings is 2. The minimum absolute atomic E-state index is 0.132. The van der Waals surface area contributed by atoms with Gasteiger partial charge < -0.3 is 16.8 Å². The maximum atomic E-state index is 13.3. The van der Waals surface area contributed by atoms with Crippen LogP contribution in [0.1, 0.15) is 61.7 Å². The molecule has 2 aromatic carbocycles. The number of rotatable bonds is 7. The third kappa shape index (κ3) is 3.96. The molecule has 5 nitrogen and oxygen atoms in total. The fourth-order valence-electron chi connectivity index (χ4n) is 3.56. The van der Waals surface area contributed by atoms with Gasteiger partial charge in [-0.25, -0.2) is 0 Å². The summed E-state index contributed by atoms with van der Waals surface area (Å²) in [5, 5.41) is 3.88. The molecule has 30 heavy (non-hydrogen) atoms. The minimum Gasteiger partial charge on any atom is -0.397 e. The number of hydrogen-bond acceptors (Lipinski definition) is 5. The predicted octanol–water partition coefficient (Wildman–Crippen LogP) is 5.15. The number of ketones is 1. The van der Waals surface area contributed by atoms with E-state index >= 15 is 0 Å². The molecule has 3 aromatic rings. The molecule has 3 rings (SSSR count). The lowest BCUT2D eigenvalue weighted by molar-refractivity contribution is 0.100. The molecular weight excluding hydrogens is 394 g/mol. The van der Waals surface area contributed by atoms with Crippen LogP contribution in [-0.2, 0) is 12.8 Å². The summed E-state index contributed by atoms with van der Waals surface area (Å²) in [4.78, 5) is 25.8. The number of nitrogens with two attached hydrogens (primary N) is 2. The average Bonchev–Trinajstić information content (AvgIpc) is 3.05. The van der Waals surface area contributed by atoms with Crippen LogP contribution in [-0.4, -0.2) is 11.7 Å². The zero-order valence-corrected chi connectivity index (χ0v) is 18.6. The number of carbonyl (C=O) groups excluding carboxylic acids is 2. The standard InChI is InChI=1S/C24H27N3O2S/c1-5-15-8-7-9-16(6-2)20(15)27-24-18(23(26)29)19(25)22(30-24)21(28)17-12-13(3)10-11-14(17)4/h7-12,27H,5-6,25H2,1-4H3,(H2,26,29). The molecule has 0 aliphatic carbocycles. The van der Waals surface area contributed by atoms with E-state index in [9.17, 15) is 9.59 Å². The summed E-state index contributed by atoms with van der Waals surface area (Å²) in [6, 6.07) is 11.8. The van der Waals surface area contributed by atoms with Gasteiger partial charge >= 0.3 is 0 Å². The van der Waals surface area contributed by atoms with Gasteiger partial charge in [-0.15, -0.1) is 11.3 Å². The monoisotopic (exact) mass is 421 g/mol. The molecule has 0 bridgehead atoms. The molecule has 0 aliphatic rings. The lowest BCUT2D eigenvalue weighted by atomic mass is 10.00. The molecule has 1 heterocycles. The molecule has 0 saturated heterocycles. The molecule has 0 fully saturated rings. The highest BCUT2D eigenvalue weighted by molar-refractivity contribution is 7.19. The second kappa shape index (κ2) is 8.71. The molecule has 0 unspecified atom stereocenters. The zero-order chi connectivity index (χ0) is 22.0. The van der Waals surface area contributed by atoms with Gasteiger partial charge in [-0.3, -0.25) is 9.59 Å². The number of para-hydroxylation sites is 1. The summed E-state index contributed by atoms with van der Waals surface area (Å²) in [6.45, 7) is 7.97. The quantitative estimate of drug-likeness (QED) is 0.460. The Labute approximate surface area is 181 Å². The van der Waals surface area contributed by atoms with Gasteiger partial charge in [0.05, 0.1) is 11.3 Å². The van der Waals surface area contributed by atoms with E-state index in [2.05, 4.69) is 19.2 Å². The normalized spacial score (nSPS) is 10.8. The summed E-state index contributed by atoms with van der Waals surface area (Å²) in [6.07, 6.45) is 1.66. The molecule has 0 radical (unpaired) electrons. The first-order chi connectivity index (χ1) is 14.3. The van der Waals surface area contributed by atoms with Crippen LogP contribution < -0.4 is 16.8 Å². The maximum Gasteiger partial charge on any atom is 0.253 e. The van der Waals surface area contributed by atoms with E-state index in [1.54, 1.807) is 0 Å². The van der Waals surface area contributed by atoms with Gasteiger partial charge in [0.1, 0.15) is 9.88 Å². The Hall–Kier alpha value is -3.12. The number of aryl methyl sites for hydroxylation is 4. The smallest absolute Gasteiger partial charge is 0.253 e. The summed E-state index contributed by atoms with van der Waals surface area (Å²) in [5.41, 5.74) is 17.8. The Morgan fingerprint density at radius 3 is 2.23 bits per heavy atom. The summed E-state index contributed by atoms with van der Waals surface area (Å²) >= 11 is 1.18. The summed E-state index contributed by atoms with van der Waals surface area (Å²) < 4.78 is 0. The molecule has 1 amide bonds. The number of hydrogen-bond donors (Lipinski definition) is 3. The van der Waals surface area contributed by atoms with Crippen LogP contribution in [0.4, 0.5) is 16.4 Å². The fraction of sp³-hybridized carbons (Fsp3) is 0.250. The molecule has 0 atom stereocenters. The summed E-state index contributed by atoms with van der Waals surface area (Å²) in [5.74, 6) is -0.855. The number of nitrogens with one attached hydrogen (secondary N) is 1. The average molecular weight is 422 g/mol. The Balaban J connectivity index is 2.14. The number of primary amides is 1. The third-order valence-corrected chi connectivity index (χ3v) is 6.39.